The van der Waals surface area contributed by atoms with E-state index in [0.29, 0.717) is 17.4 Å². The van der Waals surface area contributed by atoms with Crippen LogP contribution < -0.4 is 5.32 Å². The Labute approximate surface area is 139 Å². The second-order valence-corrected chi connectivity index (χ2v) is 5.76. The summed E-state index contributed by atoms with van der Waals surface area (Å²) in [6, 6.07) is 11.3. The number of H-pyrrole nitrogens is 1. The number of nitrogens with one attached hydrogen (secondary N) is 2. The van der Waals surface area contributed by atoms with Gasteiger partial charge in [0.1, 0.15) is 11.6 Å². The fourth-order valence-corrected chi connectivity index (χ4v) is 2.51. The van der Waals surface area contributed by atoms with E-state index >= 15 is 0 Å². The van der Waals surface area contributed by atoms with Crippen molar-refractivity contribution in [3.8, 4) is 17.1 Å². The van der Waals surface area contributed by atoms with Crippen LogP contribution in [-0.2, 0) is 6.54 Å². The molecular weight excluding hydrogens is 312 g/mol. The number of benzene rings is 2. The van der Waals surface area contributed by atoms with Crippen molar-refractivity contribution in [2.45, 2.75) is 20.4 Å². The molecule has 0 amide bonds. The highest BCUT2D eigenvalue weighted by molar-refractivity contribution is 6.32. The van der Waals surface area contributed by atoms with Gasteiger partial charge in [0, 0.05) is 17.8 Å². The van der Waals surface area contributed by atoms with Crippen molar-refractivity contribution in [2.24, 2.45) is 0 Å². The van der Waals surface area contributed by atoms with Crippen LogP contribution in [0, 0.1) is 13.8 Å². The van der Waals surface area contributed by atoms with Crippen LogP contribution in [0.25, 0.3) is 11.4 Å². The maximum absolute atomic E-state index is 9.67. The molecule has 3 aromatic rings. The van der Waals surface area contributed by atoms with E-state index < -0.39 is 0 Å². The molecule has 0 aliphatic rings. The van der Waals surface area contributed by atoms with Gasteiger partial charge in [-0.15, -0.1) is 0 Å². The molecule has 0 aliphatic heterocycles. The minimum absolute atomic E-state index is 0.0904. The van der Waals surface area contributed by atoms with Gasteiger partial charge in [-0.2, -0.15) is 5.10 Å². The lowest BCUT2D eigenvalue weighted by atomic mass is 10.1. The summed E-state index contributed by atoms with van der Waals surface area (Å²) >= 11 is 6.12. The summed E-state index contributed by atoms with van der Waals surface area (Å²) in [6.45, 7) is 4.41. The number of aromatic hydroxyl groups is 1. The predicted molar refractivity (Wildman–Crippen MR) is 91.7 cm³/mol. The molecule has 3 rings (SSSR count). The van der Waals surface area contributed by atoms with E-state index in [-0.39, 0.29) is 5.75 Å². The molecule has 1 aromatic heterocycles. The van der Waals surface area contributed by atoms with Crippen LogP contribution >= 0.6 is 11.6 Å². The van der Waals surface area contributed by atoms with Gasteiger partial charge in [0.15, 0.2) is 5.82 Å². The summed E-state index contributed by atoms with van der Waals surface area (Å²) in [6.07, 6.45) is 0. The number of anilines is 1. The van der Waals surface area contributed by atoms with Gasteiger partial charge in [0.2, 0.25) is 0 Å². The van der Waals surface area contributed by atoms with Crippen LogP contribution in [0.3, 0.4) is 0 Å². The number of aromatic amines is 1. The highest BCUT2D eigenvalue weighted by atomic mass is 35.5. The van der Waals surface area contributed by atoms with Crippen LogP contribution in [0.4, 0.5) is 5.69 Å². The lowest BCUT2D eigenvalue weighted by Crippen LogP contribution is -2.02. The number of phenols is 1. The average Bonchev–Trinajstić information content (AvgIpc) is 2.97. The molecule has 0 spiro atoms. The normalized spacial score (nSPS) is 10.7. The van der Waals surface area contributed by atoms with Crippen LogP contribution in [0.2, 0.25) is 5.02 Å². The van der Waals surface area contributed by atoms with Gasteiger partial charge in [-0.3, -0.25) is 5.10 Å². The van der Waals surface area contributed by atoms with Crippen LogP contribution in [0.1, 0.15) is 17.0 Å². The Bertz CT molecular complexity index is 844. The fourth-order valence-electron chi connectivity index (χ4n) is 2.32. The molecule has 2 aromatic carbocycles. The third kappa shape index (κ3) is 3.29. The van der Waals surface area contributed by atoms with Crippen molar-refractivity contribution in [2.75, 3.05) is 5.32 Å². The summed E-state index contributed by atoms with van der Waals surface area (Å²) in [4.78, 5) is 4.35. The van der Waals surface area contributed by atoms with E-state index in [1.165, 1.54) is 0 Å². The van der Waals surface area contributed by atoms with Crippen molar-refractivity contribution in [1.82, 2.24) is 15.2 Å². The maximum Gasteiger partial charge on any atom is 0.181 e. The van der Waals surface area contributed by atoms with E-state index in [1.807, 2.05) is 38.1 Å². The Morgan fingerprint density at radius 2 is 2.04 bits per heavy atom. The number of phenolic OH excluding ortho intramolecular Hbond substituents is 1. The van der Waals surface area contributed by atoms with Gasteiger partial charge < -0.3 is 10.4 Å². The highest BCUT2D eigenvalue weighted by Gasteiger charge is 2.08. The van der Waals surface area contributed by atoms with E-state index in [9.17, 15) is 5.11 Å². The summed E-state index contributed by atoms with van der Waals surface area (Å²) in [5, 5.41) is 20.4. The molecule has 0 fully saturated rings. The summed E-state index contributed by atoms with van der Waals surface area (Å²) < 4.78 is 0. The third-order valence-electron chi connectivity index (χ3n) is 3.62. The molecule has 0 saturated carbocycles. The Morgan fingerprint density at radius 3 is 2.78 bits per heavy atom. The summed E-state index contributed by atoms with van der Waals surface area (Å²) in [5.41, 5.74) is 3.86. The zero-order valence-corrected chi connectivity index (χ0v) is 13.6. The predicted octanol–water partition coefficient (Wildman–Crippen LogP) is 4.06. The first-order valence-corrected chi connectivity index (χ1v) is 7.62. The van der Waals surface area contributed by atoms with E-state index in [2.05, 4.69) is 20.5 Å². The Hall–Kier alpha value is -2.53. The smallest absolute Gasteiger partial charge is 0.181 e. The largest absolute Gasteiger partial charge is 0.506 e. The summed E-state index contributed by atoms with van der Waals surface area (Å²) in [7, 11) is 0. The second-order valence-electron chi connectivity index (χ2n) is 5.38. The van der Waals surface area contributed by atoms with E-state index in [4.69, 9.17) is 11.6 Å². The number of aryl methyl sites for hydroxylation is 2. The standard InChI is InChI=1S/C17H17ClN4O/c1-10-6-7-12(17-20-11(2)21-22-17)8-14(10)19-9-13-4-3-5-15(23)16(13)18/h3-8,19,23H,9H2,1-2H3,(H,20,21,22). The van der Waals surface area contributed by atoms with Crippen LogP contribution in [0.5, 0.6) is 5.75 Å². The monoisotopic (exact) mass is 328 g/mol. The maximum atomic E-state index is 9.67. The van der Waals surface area contributed by atoms with Crippen LogP contribution in [-0.4, -0.2) is 20.3 Å². The van der Waals surface area contributed by atoms with Crippen molar-refractivity contribution in [3.63, 3.8) is 0 Å². The third-order valence-corrected chi connectivity index (χ3v) is 4.06. The molecule has 23 heavy (non-hydrogen) atoms. The molecule has 0 bridgehead atoms. The Morgan fingerprint density at radius 1 is 1.22 bits per heavy atom. The molecule has 0 radical (unpaired) electrons. The minimum atomic E-state index is 0.0904. The average molecular weight is 329 g/mol. The minimum Gasteiger partial charge on any atom is -0.506 e. The Kier molecular flexibility index (Phi) is 4.21. The molecule has 0 saturated heterocycles. The quantitative estimate of drug-likeness (QED) is 0.675. The first-order chi connectivity index (χ1) is 11.0. The Balaban J connectivity index is 1.84. The number of hydrogen-bond donors (Lipinski definition) is 3. The lowest BCUT2D eigenvalue weighted by molar-refractivity contribution is 0.475. The molecule has 0 aliphatic carbocycles. The topological polar surface area (TPSA) is 73.8 Å². The number of hydrogen-bond acceptors (Lipinski definition) is 4. The molecule has 3 N–H and O–H groups in total. The van der Waals surface area contributed by atoms with Crippen molar-refractivity contribution >= 4 is 17.3 Å². The number of halogens is 1. The molecule has 1 heterocycles. The number of nitrogens with zero attached hydrogens (tertiary/aromatic N) is 2. The second kappa shape index (κ2) is 6.30. The van der Waals surface area contributed by atoms with Gasteiger partial charge in [0.05, 0.1) is 5.02 Å². The van der Waals surface area contributed by atoms with Gasteiger partial charge in [0.25, 0.3) is 0 Å². The number of aromatic nitrogens is 3. The fraction of sp³-hybridized carbons (Fsp3) is 0.176. The summed E-state index contributed by atoms with van der Waals surface area (Å²) in [5.74, 6) is 1.54. The highest BCUT2D eigenvalue weighted by Crippen LogP contribution is 2.28. The lowest BCUT2D eigenvalue weighted by Gasteiger charge is -2.12. The van der Waals surface area contributed by atoms with Crippen molar-refractivity contribution < 1.29 is 5.11 Å². The first-order valence-electron chi connectivity index (χ1n) is 7.25. The van der Waals surface area contributed by atoms with Gasteiger partial charge in [-0.25, -0.2) is 4.98 Å². The van der Waals surface area contributed by atoms with E-state index in [0.717, 1.165) is 28.2 Å². The van der Waals surface area contributed by atoms with Crippen molar-refractivity contribution in [1.29, 1.82) is 0 Å². The zero-order chi connectivity index (χ0) is 16.4. The van der Waals surface area contributed by atoms with E-state index in [1.54, 1.807) is 12.1 Å². The zero-order valence-electron chi connectivity index (χ0n) is 12.9. The first kappa shape index (κ1) is 15.4. The molecule has 5 nitrogen and oxygen atoms in total. The van der Waals surface area contributed by atoms with Gasteiger partial charge >= 0.3 is 0 Å². The molecule has 0 atom stereocenters. The number of rotatable bonds is 4. The van der Waals surface area contributed by atoms with Crippen LogP contribution in [0.15, 0.2) is 36.4 Å². The van der Waals surface area contributed by atoms with Gasteiger partial charge in [-0.05, 0) is 37.1 Å². The van der Waals surface area contributed by atoms with Gasteiger partial charge in [-0.1, -0.05) is 35.9 Å². The molecule has 118 valence electrons. The molecular formula is C17H17ClN4O. The molecule has 0 unspecified atom stereocenters. The SMILES string of the molecule is Cc1nc(-c2ccc(C)c(NCc3cccc(O)c3Cl)c2)n[nH]1. The van der Waals surface area contributed by atoms with Crippen molar-refractivity contribution in [3.05, 3.63) is 58.4 Å². The molecule has 6 heteroatoms.